The molecule has 5 heteroatoms. The molecule has 1 aromatic carbocycles. The van der Waals surface area contributed by atoms with Crippen molar-refractivity contribution in [2.45, 2.75) is 30.3 Å². The van der Waals surface area contributed by atoms with Crippen LogP contribution in [0.15, 0.2) is 29.2 Å². The van der Waals surface area contributed by atoms with Crippen LogP contribution >= 0.6 is 11.8 Å². The summed E-state index contributed by atoms with van der Waals surface area (Å²) < 4.78 is 0. The van der Waals surface area contributed by atoms with Crippen LogP contribution in [0, 0.1) is 0 Å². The zero-order valence-corrected chi connectivity index (χ0v) is 12.9. The van der Waals surface area contributed by atoms with E-state index >= 15 is 0 Å². The molecule has 1 aliphatic rings. The maximum Gasteiger partial charge on any atom is 0.285 e. The van der Waals surface area contributed by atoms with Gasteiger partial charge in [0.2, 0.25) is 0 Å². The van der Waals surface area contributed by atoms with Gasteiger partial charge in [0.1, 0.15) is 0 Å². The molecule has 0 aromatic heterocycles. The third-order valence-electron chi connectivity index (χ3n) is 3.56. The first-order chi connectivity index (χ1) is 9.60. The Morgan fingerprint density at radius 2 is 2.30 bits per heavy atom. The number of benzene rings is 1. The molecule has 0 unspecified atom stereocenters. The summed E-state index contributed by atoms with van der Waals surface area (Å²) in [6, 6.07) is 8.39. The predicted molar refractivity (Wildman–Crippen MR) is 81.9 cm³/mol. The Kier molecular flexibility index (Phi) is 5.46. The van der Waals surface area contributed by atoms with E-state index in [1.165, 1.54) is 17.3 Å². The minimum Gasteiger partial charge on any atom is -0.395 e. The summed E-state index contributed by atoms with van der Waals surface area (Å²) in [6.45, 7) is 2.11. The number of aliphatic hydroxyl groups excluding tert-OH is 1. The van der Waals surface area contributed by atoms with Gasteiger partial charge >= 0.3 is 0 Å². The number of aliphatic hydroxyl groups is 1. The average Bonchev–Trinajstić information content (AvgIpc) is 2.86. The zero-order valence-electron chi connectivity index (χ0n) is 12.1. The monoisotopic (exact) mass is 294 g/mol. The second-order valence-electron chi connectivity index (χ2n) is 5.36. The summed E-state index contributed by atoms with van der Waals surface area (Å²) in [7, 11) is 3.52. The van der Waals surface area contributed by atoms with Gasteiger partial charge in [-0.1, -0.05) is 12.1 Å². The van der Waals surface area contributed by atoms with Crippen molar-refractivity contribution in [3.8, 4) is 0 Å². The van der Waals surface area contributed by atoms with Crippen LogP contribution in [0.1, 0.15) is 18.4 Å². The molecule has 0 aliphatic carbocycles. The third kappa shape index (κ3) is 3.98. The summed E-state index contributed by atoms with van der Waals surface area (Å²) in [4.78, 5) is 16.6. The highest BCUT2D eigenvalue weighted by Crippen LogP contribution is 2.24. The maximum atomic E-state index is 11.7. The first kappa shape index (κ1) is 15.4. The molecule has 4 nitrogen and oxygen atoms in total. The Hall–Kier alpha value is -1.04. The zero-order chi connectivity index (χ0) is 14.5. The summed E-state index contributed by atoms with van der Waals surface area (Å²) in [5, 5.41) is 9.39. The van der Waals surface area contributed by atoms with Gasteiger partial charge in [0.05, 0.1) is 6.61 Å². The highest BCUT2D eigenvalue weighted by Gasteiger charge is 2.23. The van der Waals surface area contributed by atoms with Crippen LogP contribution in [0.2, 0.25) is 0 Å². The van der Waals surface area contributed by atoms with Crippen molar-refractivity contribution in [3.63, 3.8) is 0 Å². The highest BCUT2D eigenvalue weighted by molar-refractivity contribution is 8.13. The second-order valence-corrected chi connectivity index (χ2v) is 6.38. The fourth-order valence-corrected chi connectivity index (χ4v) is 3.19. The van der Waals surface area contributed by atoms with Crippen LogP contribution in [-0.4, -0.2) is 53.4 Å². The fraction of sp³-hybridized carbons (Fsp3) is 0.533. The predicted octanol–water partition coefficient (Wildman–Crippen LogP) is 2.42. The van der Waals surface area contributed by atoms with Gasteiger partial charge < -0.3 is 10.0 Å². The molecule has 1 fully saturated rings. The highest BCUT2D eigenvalue weighted by atomic mass is 32.2. The molecule has 1 aromatic rings. The minimum absolute atomic E-state index is 0.0385. The summed E-state index contributed by atoms with van der Waals surface area (Å²) in [5.41, 5.74) is 1.20. The van der Waals surface area contributed by atoms with Crippen LogP contribution < -0.4 is 0 Å². The molecule has 0 spiro atoms. The second kappa shape index (κ2) is 7.11. The number of nitrogens with zero attached hydrogens (tertiary/aromatic N) is 2. The molecule has 1 atom stereocenters. The first-order valence-corrected chi connectivity index (χ1v) is 7.75. The lowest BCUT2D eigenvalue weighted by Gasteiger charge is -2.22. The van der Waals surface area contributed by atoms with E-state index in [9.17, 15) is 9.90 Å². The molecule has 0 radical (unpaired) electrons. The van der Waals surface area contributed by atoms with Crippen molar-refractivity contribution in [1.29, 1.82) is 0 Å². The minimum atomic E-state index is 0.0385. The van der Waals surface area contributed by atoms with Gasteiger partial charge in [0.15, 0.2) is 0 Å². The largest absolute Gasteiger partial charge is 0.395 e. The molecule has 1 saturated heterocycles. The van der Waals surface area contributed by atoms with E-state index in [1.54, 1.807) is 19.0 Å². The van der Waals surface area contributed by atoms with Crippen molar-refractivity contribution < 1.29 is 9.90 Å². The number of carbonyl (C=O) groups excluding carboxylic acids is 1. The molecule has 0 saturated carbocycles. The van der Waals surface area contributed by atoms with E-state index in [1.807, 2.05) is 12.1 Å². The van der Waals surface area contributed by atoms with Crippen LogP contribution in [0.3, 0.4) is 0 Å². The number of rotatable bonds is 4. The Morgan fingerprint density at radius 1 is 1.50 bits per heavy atom. The molecule has 20 heavy (non-hydrogen) atoms. The normalized spacial score (nSPS) is 19.2. The van der Waals surface area contributed by atoms with Gasteiger partial charge in [-0.15, -0.1) is 0 Å². The van der Waals surface area contributed by atoms with Gasteiger partial charge in [0.25, 0.3) is 5.24 Å². The van der Waals surface area contributed by atoms with Crippen LogP contribution in [0.5, 0.6) is 0 Å². The van der Waals surface area contributed by atoms with Crippen LogP contribution in [0.25, 0.3) is 0 Å². The molecule has 1 aliphatic heterocycles. The lowest BCUT2D eigenvalue weighted by Crippen LogP contribution is -2.31. The number of amides is 1. The van der Waals surface area contributed by atoms with Gasteiger partial charge in [-0.2, -0.15) is 0 Å². The van der Waals surface area contributed by atoms with E-state index in [2.05, 4.69) is 17.0 Å². The van der Waals surface area contributed by atoms with E-state index in [0.717, 1.165) is 30.8 Å². The number of hydrogen-bond acceptors (Lipinski definition) is 4. The maximum absolute atomic E-state index is 11.7. The lowest BCUT2D eigenvalue weighted by atomic mass is 10.2. The van der Waals surface area contributed by atoms with Crippen molar-refractivity contribution in [3.05, 3.63) is 29.8 Å². The van der Waals surface area contributed by atoms with Crippen LogP contribution in [0.4, 0.5) is 4.79 Å². The van der Waals surface area contributed by atoms with Crippen molar-refractivity contribution in [1.82, 2.24) is 9.80 Å². The lowest BCUT2D eigenvalue weighted by molar-refractivity contribution is 0.153. The Balaban J connectivity index is 2.00. The average molecular weight is 294 g/mol. The Bertz CT molecular complexity index is 465. The van der Waals surface area contributed by atoms with Gasteiger partial charge in [-0.25, -0.2) is 0 Å². The molecule has 1 heterocycles. The van der Waals surface area contributed by atoms with E-state index < -0.39 is 0 Å². The smallest absolute Gasteiger partial charge is 0.285 e. The topological polar surface area (TPSA) is 43.8 Å². The first-order valence-electron chi connectivity index (χ1n) is 6.93. The molecule has 110 valence electrons. The standard InChI is InChI=1S/C15H22N2O2S/c1-16(2)15(19)20-14-7-3-5-12(9-14)10-17-8-4-6-13(17)11-18/h3,5,7,9,13,18H,4,6,8,10-11H2,1-2H3/t13-/m1/s1. The quantitative estimate of drug-likeness (QED) is 0.866. The molecular weight excluding hydrogens is 272 g/mol. The van der Waals surface area contributed by atoms with E-state index in [-0.39, 0.29) is 17.9 Å². The number of hydrogen-bond donors (Lipinski definition) is 1. The SMILES string of the molecule is CN(C)C(=O)Sc1cccc(CN2CCC[C@@H]2CO)c1. The third-order valence-corrected chi connectivity index (χ3v) is 4.59. The Morgan fingerprint density at radius 3 is 3.00 bits per heavy atom. The van der Waals surface area contributed by atoms with Crippen molar-refractivity contribution in [2.75, 3.05) is 27.2 Å². The molecule has 2 rings (SSSR count). The number of carbonyl (C=O) groups is 1. The molecular formula is C15H22N2O2S. The van der Waals surface area contributed by atoms with Gasteiger partial charge in [-0.05, 0) is 48.8 Å². The number of thioether (sulfide) groups is 1. The Labute approximate surface area is 124 Å². The van der Waals surface area contributed by atoms with Gasteiger partial charge in [0, 0.05) is 31.6 Å². The fourth-order valence-electron chi connectivity index (χ4n) is 2.44. The number of likely N-dealkylation sites (tertiary alicyclic amines) is 1. The molecule has 0 bridgehead atoms. The molecule has 1 N–H and O–H groups in total. The van der Waals surface area contributed by atoms with Crippen LogP contribution in [-0.2, 0) is 6.54 Å². The summed E-state index contributed by atoms with van der Waals surface area (Å²) in [6.07, 6.45) is 2.23. The summed E-state index contributed by atoms with van der Waals surface area (Å²) in [5.74, 6) is 0. The van der Waals surface area contributed by atoms with Gasteiger partial charge in [-0.3, -0.25) is 9.69 Å². The van der Waals surface area contributed by atoms with Crippen molar-refractivity contribution >= 4 is 17.0 Å². The summed E-state index contributed by atoms with van der Waals surface area (Å²) >= 11 is 1.25. The van der Waals surface area contributed by atoms with E-state index in [4.69, 9.17) is 0 Å². The van der Waals surface area contributed by atoms with Crippen molar-refractivity contribution in [2.24, 2.45) is 0 Å². The van der Waals surface area contributed by atoms with E-state index in [0.29, 0.717) is 0 Å². The molecule has 1 amide bonds.